The second-order valence-corrected chi connectivity index (χ2v) is 5.62. The van der Waals surface area contributed by atoms with E-state index in [1.54, 1.807) is 0 Å². The molecule has 1 atom stereocenters. The van der Waals surface area contributed by atoms with Crippen LogP contribution in [0.25, 0.3) is 0 Å². The summed E-state index contributed by atoms with van der Waals surface area (Å²) in [6.45, 7) is -5.70. The van der Waals surface area contributed by atoms with Gasteiger partial charge < -0.3 is 14.8 Å². The van der Waals surface area contributed by atoms with Gasteiger partial charge in [0.25, 0.3) is 0 Å². The SMILES string of the molecule is FC(F)Oc1ccc(CNC2CCSC2)c(OC(F)F)c1. The zero-order valence-electron chi connectivity index (χ0n) is 11.0. The molecule has 0 bridgehead atoms. The van der Waals surface area contributed by atoms with E-state index in [1.165, 1.54) is 12.1 Å². The number of alkyl halides is 4. The Kier molecular flexibility index (Phi) is 5.98. The molecule has 1 aliphatic heterocycles. The van der Waals surface area contributed by atoms with Crippen LogP contribution in [0.4, 0.5) is 17.6 Å². The van der Waals surface area contributed by atoms with Gasteiger partial charge in [-0.05, 0) is 18.2 Å². The summed E-state index contributed by atoms with van der Waals surface area (Å²) < 4.78 is 57.7. The lowest BCUT2D eigenvalue weighted by atomic mass is 10.1. The molecule has 1 fully saturated rings. The number of rotatable bonds is 7. The molecule has 2 rings (SSSR count). The maximum atomic E-state index is 12.4. The molecule has 21 heavy (non-hydrogen) atoms. The van der Waals surface area contributed by atoms with Gasteiger partial charge in [0.2, 0.25) is 0 Å². The van der Waals surface area contributed by atoms with E-state index >= 15 is 0 Å². The lowest BCUT2D eigenvalue weighted by molar-refractivity contribution is -0.0546. The van der Waals surface area contributed by atoms with Crippen molar-refractivity contribution in [2.45, 2.75) is 32.2 Å². The Balaban J connectivity index is 2.06. The second-order valence-electron chi connectivity index (χ2n) is 4.47. The van der Waals surface area contributed by atoms with Gasteiger partial charge >= 0.3 is 13.2 Å². The summed E-state index contributed by atoms with van der Waals surface area (Å²) in [6, 6.07) is 4.14. The van der Waals surface area contributed by atoms with Gasteiger partial charge in [0, 0.05) is 30.0 Å². The number of nitrogens with one attached hydrogen (secondary N) is 1. The number of thioether (sulfide) groups is 1. The van der Waals surface area contributed by atoms with Crippen LogP contribution in [0.5, 0.6) is 11.5 Å². The molecular formula is C13H15F4NO2S. The standard InChI is InChI=1S/C13H15F4NO2S/c14-12(15)19-10-2-1-8(11(5-10)20-13(16)17)6-18-9-3-4-21-7-9/h1-2,5,9,12-13,18H,3-4,6-7H2. The van der Waals surface area contributed by atoms with Gasteiger partial charge in [-0.25, -0.2) is 0 Å². The Morgan fingerprint density at radius 3 is 2.57 bits per heavy atom. The Morgan fingerprint density at radius 2 is 1.95 bits per heavy atom. The maximum absolute atomic E-state index is 12.4. The molecular weight excluding hydrogens is 310 g/mol. The van der Waals surface area contributed by atoms with E-state index < -0.39 is 13.2 Å². The number of hydrogen-bond donors (Lipinski definition) is 1. The van der Waals surface area contributed by atoms with E-state index in [9.17, 15) is 17.6 Å². The van der Waals surface area contributed by atoms with Crippen LogP contribution in [0.1, 0.15) is 12.0 Å². The highest BCUT2D eigenvalue weighted by atomic mass is 32.2. The molecule has 0 spiro atoms. The predicted molar refractivity (Wildman–Crippen MR) is 72.3 cm³/mol. The van der Waals surface area contributed by atoms with E-state index in [0.717, 1.165) is 24.0 Å². The highest BCUT2D eigenvalue weighted by molar-refractivity contribution is 7.99. The van der Waals surface area contributed by atoms with Crippen LogP contribution in [0.2, 0.25) is 0 Å². The minimum Gasteiger partial charge on any atom is -0.435 e. The Hall–Kier alpha value is -1.15. The minimum absolute atomic E-state index is 0.152. The number of ether oxygens (including phenoxy) is 2. The van der Waals surface area contributed by atoms with Gasteiger partial charge in [-0.15, -0.1) is 0 Å². The number of hydrogen-bond acceptors (Lipinski definition) is 4. The topological polar surface area (TPSA) is 30.5 Å². The van der Waals surface area contributed by atoms with Crippen molar-refractivity contribution in [3.63, 3.8) is 0 Å². The van der Waals surface area contributed by atoms with E-state index in [1.807, 2.05) is 11.8 Å². The van der Waals surface area contributed by atoms with E-state index in [2.05, 4.69) is 14.8 Å². The fraction of sp³-hybridized carbons (Fsp3) is 0.538. The molecule has 1 aliphatic rings. The first kappa shape index (κ1) is 16.2. The van der Waals surface area contributed by atoms with Gasteiger partial charge in [-0.1, -0.05) is 6.07 Å². The van der Waals surface area contributed by atoms with E-state index in [4.69, 9.17) is 0 Å². The summed E-state index contributed by atoms with van der Waals surface area (Å²) in [5.74, 6) is 1.68. The summed E-state index contributed by atoms with van der Waals surface area (Å²) in [7, 11) is 0. The predicted octanol–water partition coefficient (Wildman–Crippen LogP) is 3.48. The average Bonchev–Trinajstić information content (AvgIpc) is 2.89. The maximum Gasteiger partial charge on any atom is 0.387 e. The fourth-order valence-electron chi connectivity index (χ4n) is 2.01. The molecule has 1 unspecified atom stereocenters. The molecule has 0 amide bonds. The first-order valence-corrected chi connectivity index (χ1v) is 7.53. The largest absolute Gasteiger partial charge is 0.435 e. The van der Waals surface area contributed by atoms with Gasteiger partial charge in [0.1, 0.15) is 11.5 Å². The summed E-state index contributed by atoms with van der Waals surface area (Å²) in [4.78, 5) is 0. The lowest BCUT2D eigenvalue weighted by Crippen LogP contribution is -2.28. The molecule has 0 saturated carbocycles. The Bertz CT molecular complexity index is 456. The van der Waals surface area contributed by atoms with Crippen molar-refractivity contribution in [3.05, 3.63) is 23.8 Å². The molecule has 0 aliphatic carbocycles. The third kappa shape index (κ3) is 5.28. The van der Waals surface area contributed by atoms with Crippen LogP contribution < -0.4 is 14.8 Å². The molecule has 118 valence electrons. The van der Waals surface area contributed by atoms with Gasteiger partial charge in [0.15, 0.2) is 0 Å². The van der Waals surface area contributed by atoms with Gasteiger partial charge in [0.05, 0.1) is 0 Å². The van der Waals surface area contributed by atoms with Crippen LogP contribution in [0.3, 0.4) is 0 Å². The van der Waals surface area contributed by atoms with Crippen molar-refractivity contribution < 1.29 is 27.0 Å². The van der Waals surface area contributed by atoms with Crippen LogP contribution in [-0.4, -0.2) is 30.8 Å². The third-order valence-electron chi connectivity index (χ3n) is 2.99. The van der Waals surface area contributed by atoms with Crippen LogP contribution in [-0.2, 0) is 6.54 Å². The second kappa shape index (κ2) is 7.74. The van der Waals surface area contributed by atoms with Gasteiger partial charge in [-0.3, -0.25) is 0 Å². The fourth-order valence-corrected chi connectivity index (χ4v) is 3.20. The quantitative estimate of drug-likeness (QED) is 0.778. The summed E-state index contributed by atoms with van der Waals surface area (Å²) in [6.07, 6.45) is 1.02. The van der Waals surface area contributed by atoms with Crippen molar-refractivity contribution in [1.82, 2.24) is 5.32 Å². The van der Waals surface area contributed by atoms with Crippen LogP contribution in [0, 0.1) is 0 Å². The Labute approximate surface area is 124 Å². The normalized spacial score (nSPS) is 18.5. The molecule has 3 nitrogen and oxygen atoms in total. The molecule has 1 saturated heterocycles. The average molecular weight is 325 g/mol. The molecule has 1 heterocycles. The zero-order chi connectivity index (χ0) is 15.2. The molecule has 0 radical (unpaired) electrons. The number of benzene rings is 1. The van der Waals surface area contributed by atoms with E-state index in [0.29, 0.717) is 18.2 Å². The zero-order valence-corrected chi connectivity index (χ0v) is 11.8. The monoisotopic (exact) mass is 325 g/mol. The highest BCUT2D eigenvalue weighted by Crippen LogP contribution is 2.28. The minimum atomic E-state index is -3.02. The highest BCUT2D eigenvalue weighted by Gasteiger charge is 2.17. The van der Waals surface area contributed by atoms with Crippen molar-refractivity contribution in [2.75, 3.05) is 11.5 Å². The van der Waals surface area contributed by atoms with Crippen molar-refractivity contribution in [2.24, 2.45) is 0 Å². The van der Waals surface area contributed by atoms with Crippen molar-refractivity contribution in [3.8, 4) is 11.5 Å². The summed E-state index contributed by atoms with van der Waals surface area (Å²) in [5, 5.41) is 3.24. The van der Waals surface area contributed by atoms with Crippen LogP contribution >= 0.6 is 11.8 Å². The molecule has 1 N–H and O–H groups in total. The lowest BCUT2D eigenvalue weighted by Gasteiger charge is -2.16. The third-order valence-corrected chi connectivity index (χ3v) is 4.15. The first-order chi connectivity index (χ1) is 10.0. The smallest absolute Gasteiger partial charge is 0.387 e. The summed E-state index contributed by atoms with van der Waals surface area (Å²) in [5.41, 5.74) is 0.480. The Morgan fingerprint density at radius 1 is 1.19 bits per heavy atom. The molecule has 1 aromatic rings. The van der Waals surface area contributed by atoms with Crippen molar-refractivity contribution in [1.29, 1.82) is 0 Å². The molecule has 8 heteroatoms. The number of halogens is 4. The van der Waals surface area contributed by atoms with Gasteiger partial charge in [-0.2, -0.15) is 29.3 Å². The van der Waals surface area contributed by atoms with Crippen LogP contribution in [0.15, 0.2) is 18.2 Å². The molecule has 1 aromatic carbocycles. The molecule has 0 aromatic heterocycles. The summed E-state index contributed by atoms with van der Waals surface area (Å²) >= 11 is 1.82. The van der Waals surface area contributed by atoms with E-state index in [-0.39, 0.29) is 11.5 Å². The first-order valence-electron chi connectivity index (χ1n) is 6.38. The van der Waals surface area contributed by atoms with Crippen molar-refractivity contribution >= 4 is 11.8 Å².